The molecule has 6 nitrogen and oxygen atoms in total. The Hall–Kier alpha value is -2.16. The van der Waals surface area contributed by atoms with E-state index in [1.54, 1.807) is 0 Å². The van der Waals surface area contributed by atoms with Crippen LogP contribution in [0.25, 0.3) is 0 Å². The number of hydrogen-bond donors (Lipinski definition) is 0. The fourth-order valence-corrected chi connectivity index (χ4v) is 0.972. The Kier molecular flexibility index (Phi) is 2.97. The molecule has 0 aromatic carbocycles. The van der Waals surface area contributed by atoms with Crippen molar-refractivity contribution in [3.63, 3.8) is 0 Å². The van der Waals surface area contributed by atoms with Gasteiger partial charge < -0.3 is 4.57 Å². The van der Waals surface area contributed by atoms with Gasteiger partial charge in [-0.05, 0) is 0 Å². The highest BCUT2D eigenvalue weighted by molar-refractivity contribution is 5.24. The van der Waals surface area contributed by atoms with E-state index >= 15 is 0 Å². The lowest BCUT2D eigenvalue weighted by molar-refractivity contribution is -0.385. The van der Waals surface area contributed by atoms with Crippen LogP contribution >= 0.6 is 0 Å². The summed E-state index contributed by atoms with van der Waals surface area (Å²) in [6.45, 7) is 0.178. The number of nitro groups is 1. The molecule has 6 heteroatoms. The zero-order chi connectivity index (χ0) is 10.6. The van der Waals surface area contributed by atoms with Crippen LogP contribution in [0.5, 0.6) is 0 Å². The molecular weight excluding hydrogens is 186 g/mol. The predicted octanol–water partition coefficient (Wildman–Crippen LogP) is 0.670. The Labute approximate surface area is 79.2 Å². The largest absolute Gasteiger partial charge is 0.308 e. The summed E-state index contributed by atoms with van der Waals surface area (Å²) < 4.78 is 1.15. The number of aromatic nitrogens is 1. The monoisotopic (exact) mass is 193 g/mol. The second kappa shape index (κ2) is 4.18. The lowest BCUT2D eigenvalue weighted by Crippen LogP contribution is -2.18. The fraction of sp³-hybridized carbons (Fsp3) is 0.250. The van der Waals surface area contributed by atoms with Gasteiger partial charge >= 0.3 is 0 Å². The van der Waals surface area contributed by atoms with Crippen LogP contribution in [0.3, 0.4) is 0 Å². The average Bonchev–Trinajstić information content (AvgIpc) is 2.16. The van der Waals surface area contributed by atoms with Gasteiger partial charge in [-0.1, -0.05) is 0 Å². The molecule has 0 saturated carbocycles. The smallest absolute Gasteiger partial charge is 0.285 e. The first kappa shape index (κ1) is 9.92. The summed E-state index contributed by atoms with van der Waals surface area (Å²) in [7, 11) is 0. The summed E-state index contributed by atoms with van der Waals surface area (Å²) in [6, 6.07) is 4.13. The van der Waals surface area contributed by atoms with Crippen molar-refractivity contribution in [3.8, 4) is 6.07 Å². The quantitative estimate of drug-likeness (QED) is 0.521. The molecule has 0 saturated heterocycles. The van der Waals surface area contributed by atoms with Crippen LogP contribution in [0.15, 0.2) is 23.1 Å². The molecular formula is C8H7N3O3. The lowest BCUT2D eigenvalue weighted by Gasteiger charge is -2.00. The minimum atomic E-state index is -0.581. The highest BCUT2D eigenvalue weighted by atomic mass is 16.6. The van der Waals surface area contributed by atoms with E-state index in [1.807, 2.05) is 6.07 Å². The van der Waals surface area contributed by atoms with Crippen LogP contribution in [0.1, 0.15) is 6.42 Å². The van der Waals surface area contributed by atoms with Gasteiger partial charge in [-0.25, -0.2) is 0 Å². The Morgan fingerprint density at radius 3 is 2.86 bits per heavy atom. The molecule has 0 aliphatic carbocycles. The molecule has 0 amide bonds. The van der Waals surface area contributed by atoms with Gasteiger partial charge in [0.25, 0.3) is 11.2 Å². The highest BCUT2D eigenvalue weighted by Gasteiger charge is 2.06. The van der Waals surface area contributed by atoms with Crippen molar-refractivity contribution in [1.82, 2.24) is 4.57 Å². The maximum absolute atomic E-state index is 11.1. The highest BCUT2D eigenvalue weighted by Crippen LogP contribution is 2.06. The Balaban J connectivity index is 3.03. The molecule has 0 bridgehead atoms. The van der Waals surface area contributed by atoms with Crippen molar-refractivity contribution >= 4 is 5.69 Å². The second-order valence-electron chi connectivity index (χ2n) is 2.58. The molecule has 1 rings (SSSR count). The Morgan fingerprint density at radius 1 is 1.57 bits per heavy atom. The zero-order valence-electron chi connectivity index (χ0n) is 7.21. The van der Waals surface area contributed by atoms with E-state index < -0.39 is 4.92 Å². The molecule has 0 N–H and O–H groups in total. The molecule has 0 atom stereocenters. The summed E-state index contributed by atoms with van der Waals surface area (Å²) in [5, 5.41) is 18.7. The van der Waals surface area contributed by atoms with Crippen LogP contribution in [-0.2, 0) is 6.54 Å². The van der Waals surface area contributed by atoms with Crippen LogP contribution in [0.4, 0.5) is 5.69 Å². The normalized spacial score (nSPS) is 9.36. The third-order valence-electron chi connectivity index (χ3n) is 1.64. The topological polar surface area (TPSA) is 88.9 Å². The van der Waals surface area contributed by atoms with E-state index in [1.165, 1.54) is 0 Å². The van der Waals surface area contributed by atoms with Crippen molar-refractivity contribution in [2.24, 2.45) is 0 Å². The van der Waals surface area contributed by atoms with Crippen LogP contribution in [0, 0.1) is 21.4 Å². The van der Waals surface area contributed by atoms with Crippen LogP contribution in [-0.4, -0.2) is 9.49 Å². The molecule has 1 aromatic rings. The van der Waals surface area contributed by atoms with E-state index in [9.17, 15) is 14.9 Å². The molecule has 1 aromatic heterocycles. The van der Waals surface area contributed by atoms with Crippen molar-refractivity contribution in [3.05, 3.63) is 38.8 Å². The minimum Gasteiger partial charge on any atom is -0.308 e. The first-order chi connectivity index (χ1) is 6.65. The van der Waals surface area contributed by atoms with Gasteiger partial charge in [-0.15, -0.1) is 0 Å². The van der Waals surface area contributed by atoms with Crippen molar-refractivity contribution in [1.29, 1.82) is 5.26 Å². The fourth-order valence-electron chi connectivity index (χ4n) is 0.972. The molecule has 0 aliphatic heterocycles. The van der Waals surface area contributed by atoms with E-state index in [4.69, 9.17) is 5.26 Å². The molecule has 0 unspecified atom stereocenters. The van der Waals surface area contributed by atoms with E-state index in [0.29, 0.717) is 0 Å². The molecule has 14 heavy (non-hydrogen) atoms. The van der Waals surface area contributed by atoms with E-state index in [2.05, 4.69) is 0 Å². The molecule has 0 aliphatic rings. The average molecular weight is 193 g/mol. The molecule has 72 valence electrons. The van der Waals surface area contributed by atoms with Gasteiger partial charge in [0.2, 0.25) is 0 Å². The number of rotatable bonds is 3. The minimum absolute atomic E-state index is 0.150. The predicted molar refractivity (Wildman–Crippen MR) is 47.6 cm³/mol. The Bertz CT molecular complexity index is 444. The van der Waals surface area contributed by atoms with E-state index in [-0.39, 0.29) is 24.2 Å². The van der Waals surface area contributed by atoms with Gasteiger partial charge in [-0.2, -0.15) is 5.26 Å². The zero-order valence-corrected chi connectivity index (χ0v) is 7.21. The van der Waals surface area contributed by atoms with Gasteiger partial charge in [0, 0.05) is 18.7 Å². The number of hydrogen-bond acceptors (Lipinski definition) is 4. The van der Waals surface area contributed by atoms with Crippen molar-refractivity contribution in [2.45, 2.75) is 13.0 Å². The summed E-state index contributed by atoms with van der Waals surface area (Å²) in [6.07, 6.45) is 1.29. The van der Waals surface area contributed by atoms with Crippen molar-refractivity contribution in [2.75, 3.05) is 0 Å². The van der Waals surface area contributed by atoms with Crippen molar-refractivity contribution < 1.29 is 4.92 Å². The number of aryl methyl sites for hydroxylation is 1. The summed E-state index contributed by atoms with van der Waals surface area (Å²) in [4.78, 5) is 20.9. The van der Waals surface area contributed by atoms with Crippen LogP contribution < -0.4 is 5.56 Å². The standard InChI is InChI=1S/C8H7N3O3/c9-4-1-5-10-6-7(11(13)14)2-3-8(10)12/h2-3,6H,1,5H2. The third-order valence-corrected chi connectivity index (χ3v) is 1.64. The SMILES string of the molecule is N#CCCn1cc([N+](=O)[O-])ccc1=O. The van der Waals surface area contributed by atoms with Gasteiger partial charge in [0.05, 0.1) is 23.6 Å². The third kappa shape index (κ3) is 2.17. The summed E-state index contributed by atoms with van der Waals surface area (Å²) >= 11 is 0. The second-order valence-corrected chi connectivity index (χ2v) is 2.58. The maximum Gasteiger partial charge on any atom is 0.285 e. The van der Waals surface area contributed by atoms with Gasteiger partial charge in [-0.3, -0.25) is 14.9 Å². The summed E-state index contributed by atoms with van der Waals surface area (Å²) in [5.74, 6) is 0. The van der Waals surface area contributed by atoms with Crippen LogP contribution in [0.2, 0.25) is 0 Å². The maximum atomic E-state index is 11.1. The molecule has 0 fully saturated rings. The number of pyridine rings is 1. The van der Waals surface area contributed by atoms with Gasteiger partial charge in [0.1, 0.15) is 0 Å². The first-order valence-electron chi connectivity index (χ1n) is 3.87. The summed E-state index contributed by atoms with van der Waals surface area (Å²) in [5.41, 5.74) is -0.492. The van der Waals surface area contributed by atoms with E-state index in [0.717, 1.165) is 22.9 Å². The lowest BCUT2D eigenvalue weighted by atomic mass is 10.4. The van der Waals surface area contributed by atoms with Gasteiger partial charge in [0.15, 0.2) is 0 Å². The molecule has 1 heterocycles. The number of nitriles is 1. The first-order valence-corrected chi connectivity index (χ1v) is 3.87. The molecule has 0 radical (unpaired) electrons. The molecule has 0 spiro atoms. The number of nitrogens with zero attached hydrogens (tertiary/aromatic N) is 3. The Morgan fingerprint density at radius 2 is 2.29 bits per heavy atom.